The minimum Gasteiger partial charge on any atom is -0.393 e. The van der Waals surface area contributed by atoms with Crippen LogP contribution in [0.1, 0.15) is 27.2 Å². The van der Waals surface area contributed by atoms with Crippen molar-refractivity contribution in [1.82, 2.24) is 0 Å². The van der Waals surface area contributed by atoms with Gasteiger partial charge in [-0.05, 0) is 42.9 Å². The summed E-state index contributed by atoms with van der Waals surface area (Å²) in [6.45, 7) is 0. The summed E-state index contributed by atoms with van der Waals surface area (Å²) in [7, 11) is 0. The van der Waals surface area contributed by atoms with Gasteiger partial charge in [0, 0.05) is 21.9 Å². The molecule has 8 heteroatoms. The zero-order chi connectivity index (χ0) is 18.0. The molecule has 3 rings (SSSR count). The lowest BCUT2D eigenvalue weighted by Crippen LogP contribution is -2.23. The number of thiophene rings is 1. The van der Waals surface area contributed by atoms with Gasteiger partial charge >= 0.3 is 6.03 Å². The Morgan fingerprint density at radius 2 is 2.16 bits per heavy atom. The van der Waals surface area contributed by atoms with Crippen LogP contribution in [0.4, 0.5) is 15.5 Å². The van der Waals surface area contributed by atoms with E-state index in [0.717, 1.165) is 15.3 Å². The number of hydrogen-bond acceptors (Lipinski definition) is 5. The Labute approximate surface area is 153 Å². The number of hydrogen-bond donors (Lipinski definition) is 4. The van der Waals surface area contributed by atoms with Crippen molar-refractivity contribution in [3.63, 3.8) is 0 Å². The molecule has 1 unspecified atom stereocenters. The maximum Gasteiger partial charge on any atom is 0.324 e. The van der Waals surface area contributed by atoms with Crippen LogP contribution in [0.3, 0.4) is 0 Å². The molecule has 0 bridgehead atoms. The Kier molecular flexibility index (Phi) is 5.31. The van der Waals surface area contributed by atoms with Gasteiger partial charge in [0.15, 0.2) is 0 Å². The zero-order valence-electron chi connectivity index (χ0n) is 13.7. The van der Waals surface area contributed by atoms with Crippen LogP contribution in [0.5, 0.6) is 0 Å². The molecule has 2 aromatic rings. The van der Waals surface area contributed by atoms with Crippen molar-refractivity contribution in [2.45, 2.75) is 30.3 Å². The number of amides is 3. The Morgan fingerprint density at radius 3 is 2.88 bits per heavy atom. The van der Waals surface area contributed by atoms with Crippen LogP contribution in [0.15, 0.2) is 29.2 Å². The molecule has 0 aliphatic heterocycles. The quantitative estimate of drug-likeness (QED) is 0.615. The fourth-order valence-electron chi connectivity index (χ4n) is 2.88. The van der Waals surface area contributed by atoms with E-state index in [1.165, 1.54) is 11.3 Å². The predicted molar refractivity (Wildman–Crippen MR) is 102 cm³/mol. The summed E-state index contributed by atoms with van der Waals surface area (Å²) in [5.41, 5.74) is 7.39. The Hall–Kier alpha value is -2.03. The number of fused-ring (bicyclic) bond motifs is 1. The van der Waals surface area contributed by atoms with Crippen LogP contribution in [-0.2, 0) is 12.8 Å². The topological polar surface area (TPSA) is 104 Å². The van der Waals surface area contributed by atoms with Gasteiger partial charge in [0.2, 0.25) is 0 Å². The van der Waals surface area contributed by atoms with Crippen LogP contribution >= 0.6 is 23.1 Å². The van der Waals surface area contributed by atoms with E-state index < -0.39 is 18.0 Å². The van der Waals surface area contributed by atoms with Crippen molar-refractivity contribution in [1.29, 1.82) is 0 Å². The van der Waals surface area contributed by atoms with Crippen LogP contribution < -0.4 is 16.4 Å². The second-order valence-corrected chi connectivity index (χ2v) is 7.76. The lowest BCUT2D eigenvalue weighted by atomic mass is 9.93. The van der Waals surface area contributed by atoms with Crippen molar-refractivity contribution in [3.05, 3.63) is 40.3 Å². The largest absolute Gasteiger partial charge is 0.393 e. The second kappa shape index (κ2) is 7.47. The molecule has 1 aliphatic carbocycles. The van der Waals surface area contributed by atoms with Gasteiger partial charge in [-0.15, -0.1) is 23.1 Å². The SMILES string of the molecule is CSc1cccc(NC(=O)Nc2sc3c(c2C(N)=O)CCC(O)C3)c1. The average Bonchev–Trinajstić information content (AvgIpc) is 2.91. The number of carbonyl (C=O) groups excluding carboxylic acids is 2. The number of rotatable bonds is 4. The first-order valence-corrected chi connectivity index (χ1v) is 9.86. The lowest BCUT2D eigenvalue weighted by molar-refractivity contribution is 0.0999. The highest BCUT2D eigenvalue weighted by molar-refractivity contribution is 7.98. The number of carbonyl (C=O) groups is 2. The first-order chi connectivity index (χ1) is 12.0. The number of anilines is 2. The monoisotopic (exact) mass is 377 g/mol. The van der Waals surface area contributed by atoms with Crippen molar-refractivity contribution in [2.75, 3.05) is 16.9 Å². The van der Waals surface area contributed by atoms with E-state index in [0.29, 0.717) is 35.5 Å². The fourth-order valence-corrected chi connectivity index (χ4v) is 4.66. The zero-order valence-corrected chi connectivity index (χ0v) is 15.3. The van der Waals surface area contributed by atoms with Crippen LogP contribution in [0.2, 0.25) is 0 Å². The van der Waals surface area contributed by atoms with E-state index in [2.05, 4.69) is 10.6 Å². The highest BCUT2D eigenvalue weighted by Crippen LogP contribution is 2.38. The van der Waals surface area contributed by atoms with Gasteiger partial charge in [-0.1, -0.05) is 6.07 Å². The molecule has 5 N–H and O–H groups in total. The van der Waals surface area contributed by atoms with Crippen LogP contribution in [0, 0.1) is 0 Å². The van der Waals surface area contributed by atoms with Gasteiger partial charge in [-0.2, -0.15) is 0 Å². The normalized spacial score (nSPS) is 16.2. The number of benzene rings is 1. The van der Waals surface area contributed by atoms with Gasteiger partial charge in [-0.3, -0.25) is 10.1 Å². The minimum atomic E-state index is -0.562. The van der Waals surface area contributed by atoms with Gasteiger partial charge in [0.05, 0.1) is 11.7 Å². The first kappa shape index (κ1) is 17.8. The third-order valence-corrected chi connectivity index (χ3v) is 5.94. The molecular formula is C17H19N3O3S2. The fraction of sp³-hybridized carbons (Fsp3) is 0.294. The standard InChI is InChI=1S/C17H19N3O3S2/c1-24-11-4-2-3-9(7-11)19-17(23)20-16-14(15(18)22)12-6-5-10(21)8-13(12)25-16/h2-4,7,10,21H,5-6,8H2,1H3,(H2,18,22)(H2,19,20,23). The molecule has 0 spiro atoms. The molecular weight excluding hydrogens is 358 g/mol. The molecule has 1 aliphatic rings. The van der Waals surface area contributed by atoms with Gasteiger partial charge in [0.25, 0.3) is 5.91 Å². The predicted octanol–water partition coefficient (Wildman–Crippen LogP) is 3.06. The Morgan fingerprint density at radius 1 is 1.36 bits per heavy atom. The van der Waals surface area contributed by atoms with Gasteiger partial charge in [-0.25, -0.2) is 4.79 Å². The number of nitrogens with two attached hydrogens (primary N) is 1. The van der Waals surface area contributed by atoms with E-state index >= 15 is 0 Å². The molecule has 0 saturated carbocycles. The Bertz CT molecular complexity index is 819. The summed E-state index contributed by atoms with van der Waals surface area (Å²) in [4.78, 5) is 26.1. The molecule has 0 fully saturated rings. The number of primary amides is 1. The molecule has 0 radical (unpaired) electrons. The average molecular weight is 377 g/mol. The van der Waals surface area contributed by atoms with E-state index in [9.17, 15) is 14.7 Å². The van der Waals surface area contributed by atoms with Crippen molar-refractivity contribution < 1.29 is 14.7 Å². The molecule has 3 amide bonds. The summed E-state index contributed by atoms with van der Waals surface area (Å²) < 4.78 is 0. The maximum absolute atomic E-state index is 12.3. The number of nitrogens with one attached hydrogen (secondary N) is 2. The molecule has 25 heavy (non-hydrogen) atoms. The summed E-state index contributed by atoms with van der Waals surface area (Å²) >= 11 is 2.89. The minimum absolute atomic E-state index is 0.361. The Balaban J connectivity index is 1.80. The summed E-state index contributed by atoms with van der Waals surface area (Å²) in [5, 5.41) is 15.7. The lowest BCUT2D eigenvalue weighted by Gasteiger charge is -2.17. The molecule has 1 aromatic carbocycles. The van der Waals surface area contributed by atoms with Crippen LogP contribution in [0.25, 0.3) is 0 Å². The third kappa shape index (κ3) is 3.97. The van der Waals surface area contributed by atoms with E-state index in [1.807, 2.05) is 24.5 Å². The highest BCUT2D eigenvalue weighted by atomic mass is 32.2. The maximum atomic E-state index is 12.3. The smallest absolute Gasteiger partial charge is 0.324 e. The highest BCUT2D eigenvalue weighted by Gasteiger charge is 2.27. The molecule has 1 heterocycles. The molecule has 6 nitrogen and oxygen atoms in total. The number of urea groups is 1. The molecule has 0 saturated heterocycles. The van der Waals surface area contributed by atoms with E-state index in [4.69, 9.17) is 5.73 Å². The van der Waals surface area contributed by atoms with Gasteiger partial charge in [0.1, 0.15) is 5.00 Å². The van der Waals surface area contributed by atoms with Crippen molar-refractivity contribution in [2.24, 2.45) is 5.73 Å². The van der Waals surface area contributed by atoms with Crippen molar-refractivity contribution in [3.8, 4) is 0 Å². The molecule has 1 atom stereocenters. The van der Waals surface area contributed by atoms with E-state index in [-0.39, 0.29) is 0 Å². The summed E-state index contributed by atoms with van der Waals surface area (Å²) in [5.74, 6) is -0.562. The molecule has 1 aromatic heterocycles. The number of aliphatic hydroxyl groups is 1. The summed E-state index contributed by atoms with van der Waals surface area (Å²) in [6.07, 6.45) is 3.21. The van der Waals surface area contributed by atoms with Gasteiger partial charge < -0.3 is 16.2 Å². The van der Waals surface area contributed by atoms with Crippen LogP contribution in [-0.4, -0.2) is 29.4 Å². The summed E-state index contributed by atoms with van der Waals surface area (Å²) in [6, 6.07) is 7.05. The first-order valence-electron chi connectivity index (χ1n) is 7.82. The van der Waals surface area contributed by atoms with Crippen molar-refractivity contribution >= 4 is 45.7 Å². The molecule has 132 valence electrons. The second-order valence-electron chi connectivity index (χ2n) is 5.78. The number of thioether (sulfide) groups is 1. The van der Waals surface area contributed by atoms with E-state index in [1.54, 1.807) is 17.8 Å². The third-order valence-electron chi connectivity index (χ3n) is 4.04. The number of aliphatic hydroxyl groups excluding tert-OH is 1.